The van der Waals surface area contributed by atoms with Gasteiger partial charge in [0.2, 0.25) is 0 Å². The van der Waals surface area contributed by atoms with Crippen LogP contribution in [0.2, 0.25) is 0 Å². The van der Waals surface area contributed by atoms with Crippen molar-refractivity contribution >= 4 is 5.69 Å². The predicted molar refractivity (Wildman–Crippen MR) is 74.8 cm³/mol. The average Bonchev–Trinajstić information content (AvgIpc) is 2.38. The topological polar surface area (TPSA) is 15.3 Å². The first-order chi connectivity index (χ1) is 9.70. The molecule has 1 fully saturated rings. The molecule has 0 bridgehead atoms. The zero-order chi connectivity index (χ0) is 15.8. The Morgan fingerprint density at radius 3 is 2.52 bits per heavy atom. The monoisotopic (exact) mass is 304 g/mol. The molecule has 118 valence electrons. The van der Waals surface area contributed by atoms with E-state index in [0.717, 1.165) is 18.2 Å². The Labute approximate surface area is 122 Å². The fourth-order valence-corrected chi connectivity index (χ4v) is 2.58. The molecule has 0 aliphatic carbocycles. The number of piperazine rings is 1. The smallest absolute Gasteiger partial charge is 0.364 e. The molecule has 1 aliphatic rings. The van der Waals surface area contributed by atoms with Crippen LogP contribution in [-0.4, -0.2) is 25.2 Å². The van der Waals surface area contributed by atoms with Crippen LogP contribution in [0.3, 0.4) is 0 Å². The van der Waals surface area contributed by atoms with Gasteiger partial charge in [-0.05, 0) is 31.0 Å². The highest BCUT2D eigenvalue weighted by molar-refractivity contribution is 5.52. The van der Waals surface area contributed by atoms with Crippen LogP contribution in [0.25, 0.3) is 0 Å². The summed E-state index contributed by atoms with van der Waals surface area (Å²) in [5.74, 6) is -0.284. The first-order valence-electron chi connectivity index (χ1n) is 7.07. The fraction of sp³-hybridized carbons (Fsp3) is 0.600. The molecule has 0 radical (unpaired) electrons. The Kier molecular flexibility index (Phi) is 4.46. The maximum Gasteiger partial charge on any atom is 0.416 e. The van der Waals surface area contributed by atoms with Gasteiger partial charge in [0.25, 0.3) is 0 Å². The highest BCUT2D eigenvalue weighted by Gasteiger charge is 2.34. The Bertz CT molecular complexity index is 499. The van der Waals surface area contributed by atoms with Crippen LogP contribution in [0.15, 0.2) is 18.2 Å². The molecule has 21 heavy (non-hydrogen) atoms. The Morgan fingerprint density at radius 1 is 1.29 bits per heavy atom. The second-order valence-electron chi connectivity index (χ2n) is 5.92. The summed E-state index contributed by atoms with van der Waals surface area (Å²) in [6, 6.07) is 2.67. The normalized spacial score (nSPS) is 23.7. The van der Waals surface area contributed by atoms with Crippen LogP contribution in [-0.2, 0) is 6.18 Å². The highest BCUT2D eigenvalue weighted by Crippen LogP contribution is 2.34. The van der Waals surface area contributed by atoms with Gasteiger partial charge < -0.3 is 10.2 Å². The van der Waals surface area contributed by atoms with Gasteiger partial charge in [0.05, 0.1) is 11.3 Å². The van der Waals surface area contributed by atoms with E-state index in [0.29, 0.717) is 19.0 Å². The van der Waals surface area contributed by atoms with Gasteiger partial charge in [-0.25, -0.2) is 4.39 Å². The van der Waals surface area contributed by atoms with Gasteiger partial charge >= 0.3 is 6.18 Å². The van der Waals surface area contributed by atoms with Crippen LogP contribution in [0.5, 0.6) is 0 Å². The summed E-state index contributed by atoms with van der Waals surface area (Å²) in [7, 11) is 0. The Hall–Kier alpha value is -1.30. The second-order valence-corrected chi connectivity index (χ2v) is 5.92. The lowest BCUT2D eigenvalue weighted by atomic mass is 9.99. The van der Waals surface area contributed by atoms with Gasteiger partial charge in [0.1, 0.15) is 5.82 Å². The molecular formula is C15H20F4N2. The van der Waals surface area contributed by atoms with Crippen molar-refractivity contribution in [3.05, 3.63) is 29.6 Å². The van der Waals surface area contributed by atoms with E-state index in [2.05, 4.69) is 5.32 Å². The minimum absolute atomic E-state index is 0.0319. The van der Waals surface area contributed by atoms with Crippen molar-refractivity contribution in [2.24, 2.45) is 5.92 Å². The number of nitrogens with one attached hydrogen (secondary N) is 1. The lowest BCUT2D eigenvalue weighted by Crippen LogP contribution is -2.57. The average molecular weight is 304 g/mol. The van der Waals surface area contributed by atoms with Gasteiger partial charge in [0.15, 0.2) is 0 Å². The molecule has 1 saturated heterocycles. The summed E-state index contributed by atoms with van der Waals surface area (Å²) in [5, 5.41) is 3.35. The van der Waals surface area contributed by atoms with E-state index < -0.39 is 17.6 Å². The van der Waals surface area contributed by atoms with Gasteiger partial charge in [-0.1, -0.05) is 13.8 Å². The van der Waals surface area contributed by atoms with Gasteiger partial charge in [-0.2, -0.15) is 13.2 Å². The van der Waals surface area contributed by atoms with Crippen LogP contribution < -0.4 is 10.2 Å². The van der Waals surface area contributed by atoms with Crippen LogP contribution in [0.1, 0.15) is 26.3 Å². The lowest BCUT2D eigenvalue weighted by molar-refractivity contribution is -0.137. The zero-order valence-corrected chi connectivity index (χ0v) is 12.3. The van der Waals surface area contributed by atoms with Crippen LogP contribution >= 0.6 is 0 Å². The minimum Gasteiger partial charge on any atom is -0.364 e. The van der Waals surface area contributed by atoms with Crippen molar-refractivity contribution in [1.82, 2.24) is 5.32 Å². The van der Waals surface area contributed by atoms with E-state index in [1.165, 1.54) is 0 Å². The number of nitrogens with zero attached hydrogens (tertiary/aromatic N) is 1. The molecule has 1 aromatic carbocycles. The van der Waals surface area contributed by atoms with Gasteiger partial charge in [-0.3, -0.25) is 0 Å². The number of hydrogen-bond donors (Lipinski definition) is 1. The van der Waals surface area contributed by atoms with Crippen molar-refractivity contribution in [2.75, 3.05) is 18.0 Å². The minimum atomic E-state index is -4.46. The first kappa shape index (κ1) is 16.1. The molecule has 2 nitrogen and oxygen atoms in total. The summed E-state index contributed by atoms with van der Waals surface area (Å²) in [6.45, 7) is 7.07. The Balaban J connectivity index is 2.34. The molecule has 0 spiro atoms. The van der Waals surface area contributed by atoms with E-state index in [1.807, 2.05) is 20.8 Å². The van der Waals surface area contributed by atoms with Crippen LogP contribution in [0.4, 0.5) is 23.2 Å². The van der Waals surface area contributed by atoms with Gasteiger partial charge in [0, 0.05) is 25.2 Å². The molecule has 0 aromatic heterocycles. The summed E-state index contributed by atoms with van der Waals surface area (Å²) in [6.07, 6.45) is -4.46. The highest BCUT2D eigenvalue weighted by atomic mass is 19.4. The predicted octanol–water partition coefficient (Wildman–Crippen LogP) is 3.67. The van der Waals surface area contributed by atoms with Crippen molar-refractivity contribution in [3.63, 3.8) is 0 Å². The molecule has 1 N–H and O–H groups in total. The summed E-state index contributed by atoms with van der Waals surface area (Å²) in [5.41, 5.74) is -0.782. The molecule has 1 aromatic rings. The molecule has 6 heteroatoms. The molecule has 1 aliphatic heterocycles. The molecule has 0 saturated carbocycles. The van der Waals surface area contributed by atoms with E-state index in [-0.39, 0.29) is 17.8 Å². The number of halogens is 4. The van der Waals surface area contributed by atoms with Crippen molar-refractivity contribution in [1.29, 1.82) is 0 Å². The molecule has 0 amide bonds. The number of rotatable bonds is 2. The van der Waals surface area contributed by atoms with E-state index in [1.54, 1.807) is 4.90 Å². The third-order valence-electron chi connectivity index (χ3n) is 3.99. The molecule has 2 unspecified atom stereocenters. The van der Waals surface area contributed by atoms with E-state index >= 15 is 0 Å². The van der Waals surface area contributed by atoms with Crippen molar-refractivity contribution < 1.29 is 17.6 Å². The number of alkyl halides is 3. The number of anilines is 1. The summed E-state index contributed by atoms with van der Waals surface area (Å²) < 4.78 is 52.5. The molecule has 2 rings (SSSR count). The van der Waals surface area contributed by atoms with Gasteiger partial charge in [-0.15, -0.1) is 0 Å². The van der Waals surface area contributed by atoms with E-state index in [4.69, 9.17) is 0 Å². The number of hydrogen-bond acceptors (Lipinski definition) is 2. The van der Waals surface area contributed by atoms with Crippen molar-refractivity contribution in [2.45, 2.75) is 39.0 Å². The molecule has 1 heterocycles. The fourth-order valence-electron chi connectivity index (χ4n) is 2.58. The summed E-state index contributed by atoms with van der Waals surface area (Å²) in [4.78, 5) is 1.73. The first-order valence-corrected chi connectivity index (χ1v) is 7.07. The quantitative estimate of drug-likeness (QED) is 0.839. The third kappa shape index (κ3) is 3.48. The Morgan fingerprint density at radius 2 is 1.95 bits per heavy atom. The lowest BCUT2D eigenvalue weighted by Gasteiger charge is -2.42. The maximum absolute atomic E-state index is 14.0. The largest absolute Gasteiger partial charge is 0.416 e. The summed E-state index contributed by atoms with van der Waals surface area (Å²) >= 11 is 0. The third-order valence-corrected chi connectivity index (χ3v) is 3.99. The van der Waals surface area contributed by atoms with Crippen molar-refractivity contribution in [3.8, 4) is 0 Å². The standard InChI is InChI=1S/C15H20F4N2/c1-9(2)13-8-21(10(3)7-20-13)14-6-11(15(17,18)19)4-5-12(14)16/h4-6,9-10,13,20H,7-8H2,1-3H3. The molecular weight excluding hydrogens is 284 g/mol. The SMILES string of the molecule is CC(C)C1CN(c2cc(C(F)(F)F)ccc2F)C(C)CN1. The maximum atomic E-state index is 14.0. The molecule has 2 atom stereocenters. The van der Waals surface area contributed by atoms with E-state index in [9.17, 15) is 17.6 Å². The zero-order valence-electron chi connectivity index (χ0n) is 12.3. The van der Waals surface area contributed by atoms with Crippen LogP contribution in [0, 0.1) is 11.7 Å². The second kappa shape index (κ2) is 5.83. The number of benzene rings is 1.